The normalized spacial score (nSPS) is 10.7. The number of benzene rings is 2. The van der Waals surface area contributed by atoms with Crippen LogP contribution in [0, 0.1) is 13.8 Å². The van der Waals surface area contributed by atoms with E-state index in [1.54, 1.807) is 37.3 Å². The van der Waals surface area contributed by atoms with Crippen LogP contribution >= 0.6 is 11.6 Å². The maximum Gasteiger partial charge on any atom is 0.291 e. The fourth-order valence-corrected chi connectivity index (χ4v) is 2.48. The minimum atomic E-state index is -0.490. The summed E-state index contributed by atoms with van der Waals surface area (Å²) in [4.78, 5) is 24.5. The Bertz CT molecular complexity index is 976. The van der Waals surface area contributed by atoms with Crippen molar-refractivity contribution >= 4 is 34.2 Å². The molecule has 0 saturated heterocycles. The van der Waals surface area contributed by atoms with Crippen molar-refractivity contribution in [1.82, 2.24) is 0 Å². The number of carbonyl (C=O) groups excluding carboxylic acids is 1. The van der Waals surface area contributed by atoms with Gasteiger partial charge in [-0.3, -0.25) is 9.59 Å². The van der Waals surface area contributed by atoms with E-state index in [0.717, 1.165) is 11.1 Å². The topological polar surface area (TPSA) is 59.3 Å². The van der Waals surface area contributed by atoms with Gasteiger partial charge in [0, 0.05) is 16.8 Å². The molecule has 0 unspecified atom stereocenters. The molecule has 1 heterocycles. The predicted molar refractivity (Wildman–Crippen MR) is 91.4 cm³/mol. The summed E-state index contributed by atoms with van der Waals surface area (Å²) < 4.78 is 5.58. The molecule has 5 heteroatoms. The minimum Gasteiger partial charge on any atom is -0.451 e. The molecule has 1 aromatic heterocycles. The first-order valence-corrected chi connectivity index (χ1v) is 7.44. The molecule has 4 nitrogen and oxygen atoms in total. The van der Waals surface area contributed by atoms with Gasteiger partial charge in [-0.15, -0.1) is 0 Å². The summed E-state index contributed by atoms with van der Waals surface area (Å²) in [7, 11) is 0. The molecule has 0 aliphatic carbocycles. The SMILES string of the molecule is Cc1ccc2c(=O)cc(C(=O)Nc3cccc(Cl)c3C)oc2c1. The number of hydrogen-bond donors (Lipinski definition) is 1. The molecular formula is C18H14ClNO3. The predicted octanol–water partition coefficient (Wildman–Crippen LogP) is 4.32. The van der Waals surface area contributed by atoms with Gasteiger partial charge in [0.2, 0.25) is 0 Å². The first-order chi connectivity index (χ1) is 11.0. The highest BCUT2D eigenvalue weighted by molar-refractivity contribution is 6.31. The number of nitrogens with one attached hydrogen (secondary N) is 1. The average Bonchev–Trinajstić information content (AvgIpc) is 2.51. The third-order valence-corrected chi connectivity index (χ3v) is 4.03. The second kappa shape index (κ2) is 5.89. The number of aryl methyl sites for hydroxylation is 1. The van der Waals surface area contributed by atoms with Crippen LogP contribution in [0.25, 0.3) is 11.0 Å². The van der Waals surface area contributed by atoms with E-state index < -0.39 is 5.91 Å². The van der Waals surface area contributed by atoms with E-state index in [4.69, 9.17) is 16.0 Å². The van der Waals surface area contributed by atoms with Crippen molar-refractivity contribution in [3.63, 3.8) is 0 Å². The maximum absolute atomic E-state index is 12.4. The zero-order valence-electron chi connectivity index (χ0n) is 12.6. The largest absolute Gasteiger partial charge is 0.451 e. The molecule has 0 radical (unpaired) electrons. The van der Waals surface area contributed by atoms with Gasteiger partial charge >= 0.3 is 0 Å². The highest BCUT2D eigenvalue weighted by Gasteiger charge is 2.14. The van der Waals surface area contributed by atoms with Gasteiger partial charge in [0.25, 0.3) is 5.91 Å². The van der Waals surface area contributed by atoms with E-state index in [9.17, 15) is 9.59 Å². The van der Waals surface area contributed by atoms with Gasteiger partial charge in [-0.05, 0) is 49.2 Å². The Morgan fingerprint density at radius 2 is 1.91 bits per heavy atom. The lowest BCUT2D eigenvalue weighted by Gasteiger charge is -2.09. The minimum absolute atomic E-state index is 0.0347. The monoisotopic (exact) mass is 327 g/mol. The lowest BCUT2D eigenvalue weighted by Crippen LogP contribution is -2.15. The van der Waals surface area contributed by atoms with Crippen LogP contribution in [0.1, 0.15) is 21.7 Å². The number of fused-ring (bicyclic) bond motifs is 1. The fourth-order valence-electron chi connectivity index (χ4n) is 2.30. The third kappa shape index (κ3) is 2.98. The molecule has 2 aromatic carbocycles. The van der Waals surface area contributed by atoms with E-state index in [-0.39, 0.29) is 11.2 Å². The summed E-state index contributed by atoms with van der Waals surface area (Å²) >= 11 is 6.04. The molecule has 1 amide bonds. The molecule has 3 aromatic rings. The van der Waals surface area contributed by atoms with Crippen molar-refractivity contribution in [2.75, 3.05) is 5.32 Å². The Morgan fingerprint density at radius 3 is 2.70 bits per heavy atom. The summed E-state index contributed by atoms with van der Waals surface area (Å²) in [6.07, 6.45) is 0. The molecule has 0 aliphatic rings. The Labute approximate surface area is 137 Å². The van der Waals surface area contributed by atoms with Crippen LogP contribution in [-0.4, -0.2) is 5.91 Å². The molecule has 0 fully saturated rings. The second-order valence-corrected chi connectivity index (χ2v) is 5.75. The molecule has 116 valence electrons. The molecule has 23 heavy (non-hydrogen) atoms. The van der Waals surface area contributed by atoms with Crippen molar-refractivity contribution in [2.45, 2.75) is 13.8 Å². The highest BCUT2D eigenvalue weighted by atomic mass is 35.5. The van der Waals surface area contributed by atoms with Crippen LogP contribution in [0.15, 0.2) is 51.7 Å². The molecule has 0 bridgehead atoms. The third-order valence-electron chi connectivity index (χ3n) is 3.62. The van der Waals surface area contributed by atoms with Gasteiger partial charge in [-0.25, -0.2) is 0 Å². The van der Waals surface area contributed by atoms with Crippen LogP contribution in [-0.2, 0) is 0 Å². The summed E-state index contributed by atoms with van der Waals surface area (Å²) in [5.74, 6) is -0.525. The van der Waals surface area contributed by atoms with Crippen LogP contribution in [0.3, 0.4) is 0 Å². The van der Waals surface area contributed by atoms with E-state index in [2.05, 4.69) is 5.32 Å². The summed E-state index contributed by atoms with van der Waals surface area (Å²) in [5.41, 5.74) is 2.42. The quantitative estimate of drug-likeness (QED) is 0.762. The number of hydrogen-bond acceptors (Lipinski definition) is 3. The zero-order chi connectivity index (χ0) is 16.6. The molecule has 0 aliphatic heterocycles. The molecule has 0 atom stereocenters. The first-order valence-electron chi connectivity index (χ1n) is 7.06. The molecule has 1 N–H and O–H groups in total. The molecule has 0 spiro atoms. The van der Waals surface area contributed by atoms with Gasteiger partial charge in [0.1, 0.15) is 5.58 Å². The van der Waals surface area contributed by atoms with Crippen molar-refractivity contribution in [3.05, 3.63) is 74.6 Å². The van der Waals surface area contributed by atoms with E-state index in [1.165, 1.54) is 6.07 Å². The second-order valence-electron chi connectivity index (χ2n) is 5.34. The Kier molecular flexibility index (Phi) is 3.92. The van der Waals surface area contributed by atoms with Crippen molar-refractivity contribution < 1.29 is 9.21 Å². The summed E-state index contributed by atoms with van der Waals surface area (Å²) in [5, 5.41) is 3.72. The molecule has 0 saturated carbocycles. The highest BCUT2D eigenvalue weighted by Crippen LogP contribution is 2.23. The molecule has 3 rings (SSSR count). The van der Waals surface area contributed by atoms with Gasteiger partial charge in [-0.2, -0.15) is 0 Å². The molecular weight excluding hydrogens is 314 g/mol. The van der Waals surface area contributed by atoms with Gasteiger partial charge < -0.3 is 9.73 Å². The average molecular weight is 328 g/mol. The standard InChI is InChI=1S/C18H14ClNO3/c1-10-6-7-12-15(21)9-17(23-16(12)8-10)18(22)20-14-5-3-4-13(19)11(14)2/h3-9H,1-2H3,(H,20,22). The van der Waals surface area contributed by atoms with Crippen LogP contribution in [0.5, 0.6) is 0 Å². The Hall–Kier alpha value is -2.59. The van der Waals surface area contributed by atoms with Gasteiger partial charge in [-0.1, -0.05) is 23.7 Å². The van der Waals surface area contributed by atoms with Gasteiger partial charge in [0.05, 0.1) is 5.39 Å². The summed E-state index contributed by atoms with van der Waals surface area (Å²) in [6.45, 7) is 3.69. The van der Waals surface area contributed by atoms with Gasteiger partial charge in [0.15, 0.2) is 11.2 Å². The van der Waals surface area contributed by atoms with Crippen LogP contribution in [0.4, 0.5) is 5.69 Å². The maximum atomic E-state index is 12.4. The smallest absolute Gasteiger partial charge is 0.291 e. The lowest BCUT2D eigenvalue weighted by atomic mass is 10.1. The van der Waals surface area contributed by atoms with Crippen molar-refractivity contribution in [1.29, 1.82) is 0 Å². The fraction of sp³-hybridized carbons (Fsp3) is 0.111. The van der Waals surface area contributed by atoms with E-state index >= 15 is 0 Å². The lowest BCUT2D eigenvalue weighted by molar-refractivity contribution is 0.0997. The zero-order valence-corrected chi connectivity index (χ0v) is 13.4. The van der Waals surface area contributed by atoms with Crippen molar-refractivity contribution in [3.8, 4) is 0 Å². The number of anilines is 1. The number of rotatable bonds is 2. The Balaban J connectivity index is 2.01. The van der Waals surface area contributed by atoms with Crippen LogP contribution < -0.4 is 10.7 Å². The van der Waals surface area contributed by atoms with E-state index in [0.29, 0.717) is 21.7 Å². The first kappa shape index (κ1) is 15.3. The number of carbonyl (C=O) groups is 1. The van der Waals surface area contributed by atoms with Crippen LogP contribution in [0.2, 0.25) is 5.02 Å². The van der Waals surface area contributed by atoms with Crippen molar-refractivity contribution in [2.24, 2.45) is 0 Å². The number of halogens is 1. The number of amides is 1. The Morgan fingerprint density at radius 1 is 1.13 bits per heavy atom. The van der Waals surface area contributed by atoms with E-state index in [1.807, 2.05) is 13.0 Å². The summed E-state index contributed by atoms with van der Waals surface area (Å²) in [6, 6.07) is 11.7.